The summed E-state index contributed by atoms with van der Waals surface area (Å²) in [6.45, 7) is 4.06. The first kappa shape index (κ1) is 30.4. The zero-order valence-electron chi connectivity index (χ0n) is 22.6. The van der Waals surface area contributed by atoms with Crippen LogP contribution in [0.1, 0.15) is 36.5 Å². The van der Waals surface area contributed by atoms with Gasteiger partial charge in [-0.1, -0.05) is 89.9 Å². The molecule has 0 spiro atoms. The van der Waals surface area contributed by atoms with Crippen LogP contribution in [0.15, 0.2) is 83.3 Å². The van der Waals surface area contributed by atoms with E-state index in [4.69, 9.17) is 0 Å². The molecule has 39 heavy (non-hydrogen) atoms. The number of anilines is 1. The molecule has 1 atom stereocenters. The third-order valence-electron chi connectivity index (χ3n) is 6.41. The molecular weight excluding hydrogens is 578 g/mol. The molecule has 1 unspecified atom stereocenters. The molecule has 208 valence electrons. The molecule has 0 heterocycles. The van der Waals surface area contributed by atoms with Gasteiger partial charge in [0.05, 0.1) is 11.9 Å². The third kappa shape index (κ3) is 8.93. The maximum absolute atomic E-state index is 14.1. The van der Waals surface area contributed by atoms with Crippen LogP contribution in [0.5, 0.6) is 0 Å². The van der Waals surface area contributed by atoms with Crippen molar-refractivity contribution < 1.29 is 18.0 Å². The molecule has 3 rings (SSSR count). The number of unbranched alkanes of at least 4 members (excludes halogenated alkanes) is 1. The molecule has 0 aliphatic heterocycles. The predicted octanol–water partition coefficient (Wildman–Crippen LogP) is 5.08. The smallest absolute Gasteiger partial charge is 0.244 e. The Morgan fingerprint density at radius 1 is 0.949 bits per heavy atom. The Balaban J connectivity index is 2.04. The number of rotatable bonds is 13. The molecule has 3 aromatic carbocycles. The molecule has 0 bridgehead atoms. The Kier molecular flexibility index (Phi) is 11.1. The van der Waals surface area contributed by atoms with Crippen LogP contribution < -0.4 is 9.62 Å². The third-order valence-corrected chi connectivity index (χ3v) is 8.03. The monoisotopic (exact) mass is 613 g/mol. The first-order valence-corrected chi connectivity index (χ1v) is 15.6. The molecule has 0 saturated carbocycles. The number of aryl methyl sites for hydroxylation is 1. The van der Waals surface area contributed by atoms with Crippen LogP contribution in [-0.4, -0.2) is 50.5 Å². The second-order valence-electron chi connectivity index (χ2n) is 9.56. The van der Waals surface area contributed by atoms with E-state index in [1.807, 2.05) is 67.6 Å². The van der Waals surface area contributed by atoms with Crippen molar-refractivity contribution in [1.82, 2.24) is 10.2 Å². The van der Waals surface area contributed by atoms with Gasteiger partial charge in [-0.2, -0.15) is 0 Å². The molecule has 0 fully saturated rings. The lowest BCUT2D eigenvalue weighted by Gasteiger charge is -2.34. The van der Waals surface area contributed by atoms with Crippen LogP contribution in [0.4, 0.5) is 5.69 Å². The minimum atomic E-state index is -3.79. The van der Waals surface area contributed by atoms with Gasteiger partial charge in [0.1, 0.15) is 12.6 Å². The number of nitrogens with zero attached hydrogens (tertiary/aromatic N) is 2. The number of benzene rings is 3. The minimum Gasteiger partial charge on any atom is -0.354 e. The summed E-state index contributed by atoms with van der Waals surface area (Å²) in [6, 6.07) is 23.3. The molecule has 2 amide bonds. The number of carbonyl (C=O) groups is 2. The maximum atomic E-state index is 14.1. The highest BCUT2D eigenvalue weighted by molar-refractivity contribution is 9.10. The van der Waals surface area contributed by atoms with Gasteiger partial charge in [0.25, 0.3) is 0 Å². The summed E-state index contributed by atoms with van der Waals surface area (Å²) in [7, 11) is -3.79. The van der Waals surface area contributed by atoms with Gasteiger partial charge in [-0.25, -0.2) is 8.42 Å². The van der Waals surface area contributed by atoms with Crippen molar-refractivity contribution in [3.63, 3.8) is 0 Å². The Morgan fingerprint density at radius 2 is 1.62 bits per heavy atom. The molecule has 7 nitrogen and oxygen atoms in total. The fourth-order valence-electron chi connectivity index (χ4n) is 4.33. The van der Waals surface area contributed by atoms with Crippen molar-refractivity contribution >= 4 is 43.5 Å². The second kappa shape index (κ2) is 14.3. The number of halogens is 1. The van der Waals surface area contributed by atoms with Crippen LogP contribution in [-0.2, 0) is 32.6 Å². The largest absolute Gasteiger partial charge is 0.354 e. The summed E-state index contributed by atoms with van der Waals surface area (Å²) in [6.07, 6.45) is 3.12. The average molecular weight is 615 g/mol. The van der Waals surface area contributed by atoms with E-state index < -0.39 is 28.5 Å². The zero-order valence-corrected chi connectivity index (χ0v) is 25.0. The standard InChI is InChI=1S/C30H36BrN3O4S/c1-4-5-18-32-30(36)28(20-24-13-7-6-8-14-24)33(21-25-15-11-16-26(31)19-25)29(35)22-34(39(3,37)38)27-17-10-9-12-23(27)2/h6-17,19,28H,4-5,18,20-22H2,1-3H3,(H,32,36). The summed E-state index contributed by atoms with van der Waals surface area (Å²) in [5, 5.41) is 2.99. The van der Waals surface area contributed by atoms with E-state index in [9.17, 15) is 18.0 Å². The van der Waals surface area contributed by atoms with Crippen molar-refractivity contribution in [2.75, 3.05) is 23.7 Å². The number of sulfonamides is 1. The first-order chi connectivity index (χ1) is 18.6. The number of hydrogen-bond donors (Lipinski definition) is 1. The lowest BCUT2D eigenvalue weighted by Crippen LogP contribution is -2.53. The highest BCUT2D eigenvalue weighted by atomic mass is 79.9. The Labute approximate surface area is 240 Å². The maximum Gasteiger partial charge on any atom is 0.244 e. The van der Waals surface area contributed by atoms with Gasteiger partial charge in [0.15, 0.2) is 0 Å². The summed E-state index contributed by atoms with van der Waals surface area (Å²) in [5.41, 5.74) is 2.88. The van der Waals surface area contributed by atoms with E-state index >= 15 is 0 Å². The quantitative estimate of drug-likeness (QED) is 0.272. The molecule has 9 heteroatoms. The molecule has 3 aromatic rings. The van der Waals surface area contributed by atoms with Gasteiger partial charge >= 0.3 is 0 Å². The van der Waals surface area contributed by atoms with Gasteiger partial charge < -0.3 is 10.2 Å². The van der Waals surface area contributed by atoms with Crippen LogP contribution in [0.3, 0.4) is 0 Å². The van der Waals surface area contributed by atoms with E-state index in [0.717, 1.165) is 44.6 Å². The summed E-state index contributed by atoms with van der Waals surface area (Å²) in [5.74, 6) is -0.729. The predicted molar refractivity (Wildman–Crippen MR) is 160 cm³/mol. The first-order valence-electron chi connectivity index (χ1n) is 13.0. The zero-order chi connectivity index (χ0) is 28.4. The molecule has 0 aromatic heterocycles. The lowest BCUT2D eigenvalue weighted by molar-refractivity contribution is -0.140. The molecule has 0 aliphatic carbocycles. The average Bonchev–Trinajstić information content (AvgIpc) is 2.90. The highest BCUT2D eigenvalue weighted by Crippen LogP contribution is 2.24. The van der Waals surface area contributed by atoms with E-state index in [2.05, 4.69) is 21.2 Å². The van der Waals surface area contributed by atoms with Gasteiger partial charge in [0, 0.05) is 24.0 Å². The fraction of sp³-hybridized carbons (Fsp3) is 0.333. The Morgan fingerprint density at radius 3 is 2.26 bits per heavy atom. The molecule has 0 saturated heterocycles. The lowest BCUT2D eigenvalue weighted by atomic mass is 10.0. The van der Waals surface area contributed by atoms with Crippen molar-refractivity contribution in [1.29, 1.82) is 0 Å². The van der Waals surface area contributed by atoms with Gasteiger partial charge in [0.2, 0.25) is 21.8 Å². The summed E-state index contributed by atoms with van der Waals surface area (Å²) >= 11 is 3.49. The Hall–Kier alpha value is -3.17. The second-order valence-corrected chi connectivity index (χ2v) is 12.4. The van der Waals surface area contributed by atoms with Crippen LogP contribution >= 0.6 is 15.9 Å². The van der Waals surface area contributed by atoms with Crippen molar-refractivity contribution in [3.8, 4) is 0 Å². The summed E-state index contributed by atoms with van der Waals surface area (Å²) < 4.78 is 27.7. The van der Waals surface area contributed by atoms with Crippen molar-refractivity contribution in [2.45, 2.75) is 45.7 Å². The molecule has 1 N–H and O–H groups in total. The number of carbonyl (C=O) groups excluding carboxylic acids is 2. The van der Waals surface area contributed by atoms with E-state index in [-0.39, 0.29) is 12.5 Å². The minimum absolute atomic E-state index is 0.141. The summed E-state index contributed by atoms with van der Waals surface area (Å²) in [4.78, 5) is 29.2. The normalized spacial score (nSPS) is 12.0. The number of hydrogen-bond acceptors (Lipinski definition) is 4. The van der Waals surface area contributed by atoms with Crippen molar-refractivity contribution in [2.24, 2.45) is 0 Å². The topological polar surface area (TPSA) is 86.8 Å². The van der Waals surface area contributed by atoms with Gasteiger partial charge in [-0.15, -0.1) is 0 Å². The number of nitrogens with one attached hydrogen (secondary N) is 1. The van der Waals surface area contributed by atoms with E-state index in [1.54, 1.807) is 25.1 Å². The van der Waals surface area contributed by atoms with Crippen molar-refractivity contribution in [3.05, 3.63) is 100 Å². The van der Waals surface area contributed by atoms with E-state index in [0.29, 0.717) is 18.7 Å². The van der Waals surface area contributed by atoms with E-state index in [1.165, 1.54) is 4.90 Å². The van der Waals surface area contributed by atoms with Gasteiger partial charge in [-0.05, 0) is 48.2 Å². The highest BCUT2D eigenvalue weighted by Gasteiger charge is 2.33. The SMILES string of the molecule is CCCCNC(=O)C(Cc1ccccc1)N(Cc1cccc(Br)c1)C(=O)CN(c1ccccc1C)S(C)(=O)=O. The fourth-order valence-corrected chi connectivity index (χ4v) is 5.68. The van der Waals surface area contributed by atoms with Gasteiger partial charge in [-0.3, -0.25) is 13.9 Å². The number of amides is 2. The molecule has 0 radical (unpaired) electrons. The van der Waals surface area contributed by atoms with Crippen LogP contribution in [0.25, 0.3) is 0 Å². The Bertz CT molecular complexity index is 1370. The van der Waals surface area contributed by atoms with Crippen LogP contribution in [0, 0.1) is 6.92 Å². The van der Waals surface area contributed by atoms with Crippen LogP contribution in [0.2, 0.25) is 0 Å². The molecule has 0 aliphatic rings. The molecular formula is C30H36BrN3O4S. The number of para-hydroxylation sites is 1.